The van der Waals surface area contributed by atoms with Crippen molar-refractivity contribution in [3.05, 3.63) is 12.7 Å². The normalized spacial score (nSPS) is 27.8. The second kappa shape index (κ2) is 5.46. The Morgan fingerprint density at radius 2 is 2.19 bits per heavy atom. The van der Waals surface area contributed by atoms with Crippen molar-refractivity contribution in [2.24, 2.45) is 5.92 Å². The molecule has 1 N–H and O–H groups in total. The Hall–Kier alpha value is -0.870. The number of hydrogen-bond acceptors (Lipinski definition) is 3. The SMILES string of the molecule is C=CC1CCN(C(=O)C2COCCN2)CC1. The van der Waals surface area contributed by atoms with Crippen molar-refractivity contribution in [2.75, 3.05) is 32.8 Å². The molecule has 2 aliphatic rings. The van der Waals surface area contributed by atoms with Gasteiger partial charge in [-0.2, -0.15) is 0 Å². The average Bonchev–Trinajstić information content (AvgIpc) is 2.39. The third kappa shape index (κ3) is 2.62. The molecule has 2 rings (SSSR count). The van der Waals surface area contributed by atoms with E-state index in [9.17, 15) is 4.79 Å². The van der Waals surface area contributed by atoms with Gasteiger partial charge in [0.15, 0.2) is 0 Å². The quantitative estimate of drug-likeness (QED) is 0.690. The van der Waals surface area contributed by atoms with Gasteiger partial charge in [0, 0.05) is 19.6 Å². The highest BCUT2D eigenvalue weighted by Gasteiger charge is 2.28. The number of piperidine rings is 1. The molecule has 0 aliphatic carbocycles. The molecule has 0 bridgehead atoms. The molecular weight excluding hydrogens is 204 g/mol. The first-order chi connectivity index (χ1) is 7.81. The van der Waals surface area contributed by atoms with E-state index in [4.69, 9.17) is 4.74 Å². The molecule has 1 atom stereocenters. The lowest BCUT2D eigenvalue weighted by Crippen LogP contribution is -2.54. The van der Waals surface area contributed by atoms with Crippen molar-refractivity contribution in [1.82, 2.24) is 10.2 Å². The van der Waals surface area contributed by atoms with Crippen LogP contribution in [0.4, 0.5) is 0 Å². The number of nitrogens with one attached hydrogen (secondary N) is 1. The lowest BCUT2D eigenvalue weighted by molar-refractivity contribution is -0.137. The molecule has 0 aromatic heterocycles. The van der Waals surface area contributed by atoms with Crippen LogP contribution in [0.1, 0.15) is 12.8 Å². The summed E-state index contributed by atoms with van der Waals surface area (Å²) >= 11 is 0. The molecule has 4 nitrogen and oxygen atoms in total. The van der Waals surface area contributed by atoms with Crippen molar-refractivity contribution < 1.29 is 9.53 Å². The zero-order chi connectivity index (χ0) is 11.4. The van der Waals surface area contributed by atoms with Gasteiger partial charge in [0.05, 0.1) is 13.2 Å². The van der Waals surface area contributed by atoms with E-state index >= 15 is 0 Å². The summed E-state index contributed by atoms with van der Waals surface area (Å²) in [6.45, 7) is 7.52. The Morgan fingerprint density at radius 3 is 2.75 bits per heavy atom. The summed E-state index contributed by atoms with van der Waals surface area (Å²) in [5.74, 6) is 0.779. The van der Waals surface area contributed by atoms with Crippen LogP contribution in [0, 0.1) is 5.92 Å². The number of carbonyl (C=O) groups is 1. The van der Waals surface area contributed by atoms with Crippen LogP contribution >= 0.6 is 0 Å². The number of hydrogen-bond donors (Lipinski definition) is 1. The molecule has 2 fully saturated rings. The molecule has 2 saturated heterocycles. The molecular formula is C12H20N2O2. The monoisotopic (exact) mass is 224 g/mol. The van der Waals surface area contributed by atoms with Gasteiger partial charge in [-0.05, 0) is 18.8 Å². The van der Waals surface area contributed by atoms with Gasteiger partial charge in [0.2, 0.25) is 5.91 Å². The van der Waals surface area contributed by atoms with E-state index in [0.717, 1.165) is 32.5 Å². The predicted molar refractivity (Wildman–Crippen MR) is 62.1 cm³/mol. The summed E-state index contributed by atoms with van der Waals surface area (Å²) in [4.78, 5) is 14.1. The lowest BCUT2D eigenvalue weighted by Gasteiger charge is -2.34. The lowest BCUT2D eigenvalue weighted by atomic mass is 9.96. The molecule has 0 radical (unpaired) electrons. The zero-order valence-electron chi connectivity index (χ0n) is 9.65. The summed E-state index contributed by atoms with van der Waals surface area (Å²) in [7, 11) is 0. The minimum absolute atomic E-state index is 0.131. The molecule has 16 heavy (non-hydrogen) atoms. The maximum atomic E-state index is 12.1. The molecule has 0 spiro atoms. The van der Waals surface area contributed by atoms with Crippen molar-refractivity contribution in [2.45, 2.75) is 18.9 Å². The number of morpholine rings is 1. The van der Waals surface area contributed by atoms with Gasteiger partial charge in [0.1, 0.15) is 6.04 Å². The van der Waals surface area contributed by atoms with E-state index in [2.05, 4.69) is 11.9 Å². The number of amides is 1. The Morgan fingerprint density at radius 1 is 1.44 bits per heavy atom. The van der Waals surface area contributed by atoms with E-state index in [1.54, 1.807) is 0 Å². The van der Waals surface area contributed by atoms with Crippen LogP contribution < -0.4 is 5.32 Å². The highest BCUT2D eigenvalue weighted by molar-refractivity contribution is 5.82. The summed E-state index contributed by atoms with van der Waals surface area (Å²) < 4.78 is 5.31. The maximum absolute atomic E-state index is 12.1. The van der Waals surface area contributed by atoms with Crippen molar-refractivity contribution in [3.63, 3.8) is 0 Å². The minimum atomic E-state index is -0.131. The van der Waals surface area contributed by atoms with Crippen LogP contribution in [0.3, 0.4) is 0 Å². The Balaban J connectivity index is 1.83. The van der Waals surface area contributed by atoms with E-state index in [1.165, 1.54) is 0 Å². The fourth-order valence-electron chi connectivity index (χ4n) is 2.30. The number of carbonyl (C=O) groups excluding carboxylic acids is 1. The van der Waals surface area contributed by atoms with E-state index in [0.29, 0.717) is 19.1 Å². The zero-order valence-corrected chi connectivity index (χ0v) is 9.65. The molecule has 0 saturated carbocycles. The molecule has 4 heteroatoms. The number of rotatable bonds is 2. The van der Waals surface area contributed by atoms with Gasteiger partial charge in [-0.15, -0.1) is 6.58 Å². The second-order valence-corrected chi connectivity index (χ2v) is 4.48. The number of likely N-dealkylation sites (tertiary alicyclic amines) is 1. The van der Waals surface area contributed by atoms with Crippen molar-refractivity contribution in [1.29, 1.82) is 0 Å². The molecule has 1 amide bonds. The fraction of sp³-hybridized carbons (Fsp3) is 0.750. The first kappa shape index (κ1) is 11.6. The topological polar surface area (TPSA) is 41.6 Å². The largest absolute Gasteiger partial charge is 0.378 e. The summed E-state index contributed by atoms with van der Waals surface area (Å²) in [5, 5.41) is 3.20. The third-order valence-electron chi connectivity index (χ3n) is 3.40. The molecule has 1 unspecified atom stereocenters. The number of allylic oxidation sites excluding steroid dienone is 1. The van der Waals surface area contributed by atoms with E-state index in [1.807, 2.05) is 11.0 Å². The van der Waals surface area contributed by atoms with Crippen LogP contribution in [0.15, 0.2) is 12.7 Å². The Kier molecular flexibility index (Phi) is 3.96. The number of nitrogens with zero attached hydrogens (tertiary/aromatic N) is 1. The molecule has 0 aromatic carbocycles. The van der Waals surface area contributed by atoms with Gasteiger partial charge in [-0.1, -0.05) is 6.08 Å². The van der Waals surface area contributed by atoms with Crippen molar-refractivity contribution >= 4 is 5.91 Å². The molecule has 2 heterocycles. The van der Waals surface area contributed by atoms with Crippen LogP contribution in [-0.4, -0.2) is 49.7 Å². The predicted octanol–water partition coefficient (Wildman–Crippen LogP) is 0.399. The van der Waals surface area contributed by atoms with Crippen LogP contribution in [0.2, 0.25) is 0 Å². The van der Waals surface area contributed by atoms with Gasteiger partial charge >= 0.3 is 0 Å². The molecule has 2 aliphatic heterocycles. The maximum Gasteiger partial charge on any atom is 0.242 e. The standard InChI is InChI=1S/C12H20N2O2/c1-2-10-3-6-14(7-4-10)12(15)11-9-16-8-5-13-11/h2,10-11,13H,1,3-9H2. The van der Waals surface area contributed by atoms with Gasteiger partial charge < -0.3 is 15.0 Å². The first-order valence-corrected chi connectivity index (χ1v) is 6.03. The fourth-order valence-corrected chi connectivity index (χ4v) is 2.30. The van der Waals surface area contributed by atoms with Crippen LogP contribution in [0.5, 0.6) is 0 Å². The summed E-state index contributed by atoms with van der Waals surface area (Å²) in [6, 6.07) is -0.131. The van der Waals surface area contributed by atoms with Gasteiger partial charge in [-0.25, -0.2) is 0 Å². The van der Waals surface area contributed by atoms with Crippen LogP contribution in [0.25, 0.3) is 0 Å². The van der Waals surface area contributed by atoms with Gasteiger partial charge in [0.25, 0.3) is 0 Å². The first-order valence-electron chi connectivity index (χ1n) is 6.03. The smallest absolute Gasteiger partial charge is 0.242 e. The average molecular weight is 224 g/mol. The summed E-state index contributed by atoms with van der Waals surface area (Å²) in [6.07, 6.45) is 4.09. The second-order valence-electron chi connectivity index (χ2n) is 4.48. The highest BCUT2D eigenvalue weighted by Crippen LogP contribution is 2.18. The van der Waals surface area contributed by atoms with Crippen molar-refractivity contribution in [3.8, 4) is 0 Å². The summed E-state index contributed by atoms with van der Waals surface area (Å²) in [5.41, 5.74) is 0. The Bertz CT molecular complexity index is 254. The molecule has 90 valence electrons. The van der Waals surface area contributed by atoms with E-state index < -0.39 is 0 Å². The highest BCUT2D eigenvalue weighted by atomic mass is 16.5. The van der Waals surface area contributed by atoms with Gasteiger partial charge in [-0.3, -0.25) is 4.79 Å². The Labute approximate surface area is 96.6 Å². The van der Waals surface area contributed by atoms with E-state index in [-0.39, 0.29) is 11.9 Å². The molecule has 0 aromatic rings. The van der Waals surface area contributed by atoms with Crippen LogP contribution in [-0.2, 0) is 9.53 Å². The minimum Gasteiger partial charge on any atom is -0.378 e. The number of ether oxygens (including phenoxy) is 1. The third-order valence-corrected chi connectivity index (χ3v) is 3.40.